The predicted molar refractivity (Wildman–Crippen MR) is 68.1 cm³/mol. The number of nitrogen functional groups attached to an aromatic ring is 1. The third kappa shape index (κ3) is 2.25. The molecular formula is C12H17ClN2O. The second-order valence-corrected chi connectivity index (χ2v) is 4.54. The smallest absolute Gasteiger partial charge is 0.0789 e. The number of nitrogens with two attached hydrogens (primary N) is 1. The topological polar surface area (TPSA) is 38.5 Å². The van der Waals surface area contributed by atoms with Gasteiger partial charge in [-0.25, -0.2) is 0 Å². The summed E-state index contributed by atoms with van der Waals surface area (Å²) in [4.78, 5) is 2.18. The third-order valence-electron chi connectivity index (χ3n) is 3.11. The van der Waals surface area contributed by atoms with Crippen LogP contribution in [0.4, 0.5) is 11.4 Å². The molecule has 1 fully saturated rings. The lowest BCUT2D eigenvalue weighted by Gasteiger charge is -2.34. The summed E-state index contributed by atoms with van der Waals surface area (Å²) in [5.74, 6) is 0. The standard InChI is InChI=1S/C12H17ClN2O/c1-15(9-5-7-16-8-6-9)12-10(13)3-2-4-11(12)14/h2-4,9H,5-8,14H2,1H3. The molecule has 2 N–H and O–H groups in total. The van der Waals surface area contributed by atoms with E-state index < -0.39 is 0 Å². The summed E-state index contributed by atoms with van der Waals surface area (Å²) >= 11 is 6.19. The van der Waals surface area contributed by atoms with E-state index in [1.54, 1.807) is 0 Å². The highest BCUT2D eigenvalue weighted by molar-refractivity contribution is 6.34. The Hall–Kier alpha value is -0.930. The summed E-state index contributed by atoms with van der Waals surface area (Å²) in [6.07, 6.45) is 2.06. The summed E-state index contributed by atoms with van der Waals surface area (Å²) in [6, 6.07) is 6.11. The van der Waals surface area contributed by atoms with Crippen LogP contribution >= 0.6 is 11.6 Å². The molecule has 4 heteroatoms. The fourth-order valence-corrected chi connectivity index (χ4v) is 2.47. The zero-order valence-corrected chi connectivity index (χ0v) is 10.2. The Morgan fingerprint density at radius 2 is 2.06 bits per heavy atom. The van der Waals surface area contributed by atoms with Gasteiger partial charge in [0.1, 0.15) is 0 Å². The lowest BCUT2D eigenvalue weighted by atomic mass is 10.1. The van der Waals surface area contributed by atoms with Gasteiger partial charge in [0.25, 0.3) is 0 Å². The maximum atomic E-state index is 6.19. The van der Waals surface area contributed by atoms with Crippen molar-refractivity contribution in [2.45, 2.75) is 18.9 Å². The first-order valence-electron chi connectivity index (χ1n) is 5.54. The van der Waals surface area contributed by atoms with E-state index in [4.69, 9.17) is 22.1 Å². The number of halogens is 1. The van der Waals surface area contributed by atoms with E-state index in [2.05, 4.69) is 4.90 Å². The first-order chi connectivity index (χ1) is 7.70. The van der Waals surface area contributed by atoms with Crippen LogP contribution in [0.1, 0.15) is 12.8 Å². The third-order valence-corrected chi connectivity index (χ3v) is 3.41. The number of hydrogen-bond acceptors (Lipinski definition) is 3. The fourth-order valence-electron chi connectivity index (χ4n) is 2.16. The van der Waals surface area contributed by atoms with Gasteiger partial charge in [-0.3, -0.25) is 0 Å². The Balaban J connectivity index is 2.22. The number of hydrogen-bond donors (Lipinski definition) is 1. The average Bonchev–Trinajstić information content (AvgIpc) is 2.30. The number of anilines is 2. The van der Waals surface area contributed by atoms with Crippen LogP contribution in [0, 0.1) is 0 Å². The van der Waals surface area contributed by atoms with Gasteiger partial charge in [0, 0.05) is 26.3 Å². The molecule has 0 radical (unpaired) electrons. The van der Waals surface area contributed by atoms with E-state index in [-0.39, 0.29) is 0 Å². The van der Waals surface area contributed by atoms with E-state index in [9.17, 15) is 0 Å². The minimum absolute atomic E-state index is 0.468. The Labute approximate surface area is 101 Å². The predicted octanol–water partition coefficient (Wildman–Crippen LogP) is 2.54. The fraction of sp³-hybridized carbons (Fsp3) is 0.500. The van der Waals surface area contributed by atoms with Crippen LogP contribution in [0.15, 0.2) is 18.2 Å². The minimum atomic E-state index is 0.468. The normalized spacial score (nSPS) is 17.4. The molecule has 0 saturated carbocycles. The second kappa shape index (κ2) is 4.93. The number of benzene rings is 1. The van der Waals surface area contributed by atoms with Gasteiger partial charge in [-0.2, -0.15) is 0 Å². The first kappa shape index (κ1) is 11.6. The summed E-state index contributed by atoms with van der Waals surface area (Å²) in [7, 11) is 2.05. The molecule has 1 aliphatic heterocycles. The van der Waals surface area contributed by atoms with Crippen molar-refractivity contribution in [3.8, 4) is 0 Å². The number of rotatable bonds is 2. The number of para-hydroxylation sites is 1. The van der Waals surface area contributed by atoms with Crippen LogP contribution in [0.5, 0.6) is 0 Å². The maximum absolute atomic E-state index is 6.19. The minimum Gasteiger partial charge on any atom is -0.397 e. The lowest BCUT2D eigenvalue weighted by Crippen LogP contribution is -2.37. The summed E-state index contributed by atoms with van der Waals surface area (Å²) in [6.45, 7) is 1.64. The van der Waals surface area contributed by atoms with Crippen molar-refractivity contribution in [1.82, 2.24) is 0 Å². The molecule has 0 aromatic heterocycles. The Bertz CT molecular complexity index is 344. The van der Waals surface area contributed by atoms with E-state index in [0.717, 1.165) is 37.4 Å². The quantitative estimate of drug-likeness (QED) is 0.808. The zero-order chi connectivity index (χ0) is 11.5. The number of ether oxygens (including phenoxy) is 1. The molecule has 88 valence electrons. The van der Waals surface area contributed by atoms with Gasteiger partial charge in [0.05, 0.1) is 16.4 Å². The average molecular weight is 241 g/mol. The molecule has 3 nitrogen and oxygen atoms in total. The van der Waals surface area contributed by atoms with Gasteiger partial charge in [0.15, 0.2) is 0 Å². The van der Waals surface area contributed by atoms with Gasteiger partial charge in [0.2, 0.25) is 0 Å². The molecule has 0 unspecified atom stereocenters. The molecule has 0 aliphatic carbocycles. The summed E-state index contributed by atoms with van der Waals surface area (Å²) in [5.41, 5.74) is 7.65. The Morgan fingerprint density at radius 3 is 2.69 bits per heavy atom. The van der Waals surface area contributed by atoms with E-state index in [1.807, 2.05) is 25.2 Å². The Morgan fingerprint density at radius 1 is 1.38 bits per heavy atom. The maximum Gasteiger partial charge on any atom is 0.0789 e. The second-order valence-electron chi connectivity index (χ2n) is 4.13. The van der Waals surface area contributed by atoms with Crippen LogP contribution in [0.2, 0.25) is 5.02 Å². The monoisotopic (exact) mass is 240 g/mol. The lowest BCUT2D eigenvalue weighted by molar-refractivity contribution is 0.0855. The van der Waals surface area contributed by atoms with Crippen LogP contribution in [0.25, 0.3) is 0 Å². The van der Waals surface area contributed by atoms with Crippen molar-refractivity contribution in [3.63, 3.8) is 0 Å². The molecule has 1 saturated heterocycles. The summed E-state index contributed by atoms with van der Waals surface area (Å²) < 4.78 is 5.36. The molecule has 0 spiro atoms. The SMILES string of the molecule is CN(c1c(N)cccc1Cl)C1CCOCC1. The van der Waals surface area contributed by atoms with Crippen LogP contribution in [-0.4, -0.2) is 26.3 Å². The van der Waals surface area contributed by atoms with Gasteiger partial charge >= 0.3 is 0 Å². The van der Waals surface area contributed by atoms with Crippen molar-refractivity contribution in [1.29, 1.82) is 0 Å². The Kier molecular flexibility index (Phi) is 3.56. The first-order valence-corrected chi connectivity index (χ1v) is 5.92. The van der Waals surface area contributed by atoms with E-state index in [1.165, 1.54) is 0 Å². The molecular weight excluding hydrogens is 224 g/mol. The van der Waals surface area contributed by atoms with Gasteiger partial charge in [-0.15, -0.1) is 0 Å². The molecule has 0 amide bonds. The van der Waals surface area contributed by atoms with Gasteiger partial charge in [-0.05, 0) is 25.0 Å². The molecule has 2 rings (SSSR count). The van der Waals surface area contributed by atoms with E-state index in [0.29, 0.717) is 11.1 Å². The van der Waals surface area contributed by atoms with Gasteiger partial charge in [-0.1, -0.05) is 17.7 Å². The van der Waals surface area contributed by atoms with Crippen LogP contribution in [0.3, 0.4) is 0 Å². The number of nitrogens with zero attached hydrogens (tertiary/aromatic N) is 1. The van der Waals surface area contributed by atoms with Crippen molar-refractivity contribution in [2.24, 2.45) is 0 Å². The molecule has 0 bridgehead atoms. The van der Waals surface area contributed by atoms with Gasteiger partial charge < -0.3 is 15.4 Å². The van der Waals surface area contributed by atoms with Crippen LogP contribution in [-0.2, 0) is 4.74 Å². The molecule has 1 aromatic carbocycles. The van der Waals surface area contributed by atoms with Crippen LogP contribution < -0.4 is 10.6 Å². The molecule has 0 atom stereocenters. The zero-order valence-electron chi connectivity index (χ0n) is 9.45. The van der Waals surface area contributed by atoms with E-state index >= 15 is 0 Å². The molecule has 1 aromatic rings. The molecule has 1 heterocycles. The van der Waals surface area contributed by atoms with Crippen molar-refractivity contribution < 1.29 is 4.74 Å². The summed E-state index contributed by atoms with van der Waals surface area (Å²) in [5, 5.41) is 0.717. The van der Waals surface area contributed by atoms with Crippen molar-refractivity contribution in [2.75, 3.05) is 30.9 Å². The van der Waals surface area contributed by atoms with Crippen molar-refractivity contribution in [3.05, 3.63) is 23.2 Å². The highest BCUT2D eigenvalue weighted by atomic mass is 35.5. The largest absolute Gasteiger partial charge is 0.397 e. The highest BCUT2D eigenvalue weighted by Gasteiger charge is 2.21. The highest BCUT2D eigenvalue weighted by Crippen LogP contribution is 2.33. The van der Waals surface area contributed by atoms with Crippen molar-refractivity contribution >= 4 is 23.0 Å². The molecule has 1 aliphatic rings. The molecule has 16 heavy (non-hydrogen) atoms.